The maximum Gasteiger partial charge on any atom is 0.224 e. The maximum atomic E-state index is 12.1. The fourth-order valence-electron chi connectivity index (χ4n) is 2.84. The van der Waals surface area contributed by atoms with Crippen molar-refractivity contribution in [2.24, 2.45) is 5.92 Å². The van der Waals surface area contributed by atoms with E-state index >= 15 is 0 Å². The lowest BCUT2D eigenvalue weighted by atomic mass is 9.87. The third kappa shape index (κ3) is 4.35. The smallest absolute Gasteiger partial charge is 0.224 e. The average Bonchev–Trinajstić information content (AvgIpc) is 2.42. The number of nitrogens with one attached hydrogen (secondary N) is 1. The Hall–Kier alpha value is -1.35. The summed E-state index contributed by atoms with van der Waals surface area (Å²) < 4.78 is 0. The van der Waals surface area contributed by atoms with E-state index < -0.39 is 0 Å². The van der Waals surface area contributed by atoms with Gasteiger partial charge in [0.2, 0.25) is 5.91 Å². The predicted octanol–water partition coefficient (Wildman–Crippen LogP) is 3.13. The molecule has 3 nitrogen and oxygen atoms in total. The second-order valence-corrected chi connectivity index (χ2v) is 5.39. The Kier molecular flexibility index (Phi) is 5.40. The van der Waals surface area contributed by atoms with Gasteiger partial charge < -0.3 is 10.4 Å². The SMILES string of the molecule is O=C(CC1CCCCC1)Nc1ccccc1CCO. The molecule has 1 aliphatic rings. The van der Waals surface area contributed by atoms with Gasteiger partial charge in [0.15, 0.2) is 0 Å². The Balaban J connectivity index is 1.90. The minimum absolute atomic E-state index is 0.107. The fourth-order valence-corrected chi connectivity index (χ4v) is 2.84. The monoisotopic (exact) mass is 261 g/mol. The van der Waals surface area contributed by atoms with E-state index in [1.54, 1.807) is 0 Å². The summed E-state index contributed by atoms with van der Waals surface area (Å²) in [6.45, 7) is 0.107. The molecular formula is C16H23NO2. The van der Waals surface area contributed by atoms with Crippen molar-refractivity contribution in [2.75, 3.05) is 11.9 Å². The molecule has 1 fully saturated rings. The number of carbonyl (C=O) groups excluding carboxylic acids is 1. The van der Waals surface area contributed by atoms with Crippen LogP contribution in [0.1, 0.15) is 44.1 Å². The highest BCUT2D eigenvalue weighted by Gasteiger charge is 2.17. The van der Waals surface area contributed by atoms with Gasteiger partial charge in [0.25, 0.3) is 0 Å². The molecule has 2 N–H and O–H groups in total. The molecule has 0 radical (unpaired) electrons. The number of hydrogen-bond donors (Lipinski definition) is 2. The van der Waals surface area contributed by atoms with Crippen molar-refractivity contribution in [2.45, 2.75) is 44.9 Å². The summed E-state index contributed by atoms with van der Waals surface area (Å²) in [5.74, 6) is 0.663. The minimum atomic E-state index is 0.107. The molecule has 104 valence electrons. The number of aliphatic hydroxyl groups excluding tert-OH is 1. The lowest BCUT2D eigenvalue weighted by Crippen LogP contribution is -2.19. The lowest BCUT2D eigenvalue weighted by Gasteiger charge is -2.21. The van der Waals surface area contributed by atoms with Crippen LogP contribution >= 0.6 is 0 Å². The Labute approximate surface area is 115 Å². The number of para-hydroxylation sites is 1. The van der Waals surface area contributed by atoms with E-state index in [0.717, 1.165) is 11.3 Å². The van der Waals surface area contributed by atoms with E-state index in [-0.39, 0.29) is 12.5 Å². The van der Waals surface area contributed by atoms with Gasteiger partial charge in [-0.2, -0.15) is 0 Å². The first-order valence-corrected chi connectivity index (χ1v) is 7.28. The molecule has 1 saturated carbocycles. The first kappa shape index (κ1) is 14.1. The highest BCUT2D eigenvalue weighted by molar-refractivity contribution is 5.91. The first-order valence-electron chi connectivity index (χ1n) is 7.28. The molecule has 0 atom stereocenters. The van der Waals surface area contributed by atoms with Crippen LogP contribution in [0, 0.1) is 5.92 Å². The molecule has 0 aromatic heterocycles. The van der Waals surface area contributed by atoms with Crippen LogP contribution in [0.5, 0.6) is 0 Å². The van der Waals surface area contributed by atoms with Crippen molar-refractivity contribution < 1.29 is 9.90 Å². The molecule has 0 spiro atoms. The molecule has 0 saturated heterocycles. The molecule has 3 heteroatoms. The Morgan fingerprint density at radius 1 is 1.21 bits per heavy atom. The van der Waals surface area contributed by atoms with Gasteiger partial charge in [-0.1, -0.05) is 37.5 Å². The van der Waals surface area contributed by atoms with E-state index in [2.05, 4.69) is 5.32 Å². The summed E-state index contributed by atoms with van der Waals surface area (Å²) in [5.41, 5.74) is 1.85. The quantitative estimate of drug-likeness (QED) is 0.855. The number of carbonyl (C=O) groups is 1. The number of hydrogen-bond acceptors (Lipinski definition) is 2. The summed E-state index contributed by atoms with van der Waals surface area (Å²) in [4.78, 5) is 12.1. The summed E-state index contributed by atoms with van der Waals surface area (Å²) in [6.07, 6.45) is 7.43. The van der Waals surface area contributed by atoms with E-state index in [0.29, 0.717) is 18.8 Å². The molecule has 1 aromatic rings. The van der Waals surface area contributed by atoms with Crippen LogP contribution in [-0.4, -0.2) is 17.6 Å². The highest BCUT2D eigenvalue weighted by Crippen LogP contribution is 2.27. The van der Waals surface area contributed by atoms with Crippen LogP contribution in [-0.2, 0) is 11.2 Å². The van der Waals surface area contributed by atoms with Crippen molar-refractivity contribution in [1.29, 1.82) is 0 Å². The summed E-state index contributed by atoms with van der Waals surface area (Å²) in [6, 6.07) is 7.70. The molecule has 0 bridgehead atoms. The normalized spacial score (nSPS) is 16.3. The van der Waals surface area contributed by atoms with Crippen molar-refractivity contribution >= 4 is 11.6 Å². The number of benzene rings is 1. The molecule has 0 heterocycles. The van der Waals surface area contributed by atoms with Gasteiger partial charge >= 0.3 is 0 Å². The van der Waals surface area contributed by atoms with Gasteiger partial charge in [-0.25, -0.2) is 0 Å². The average molecular weight is 261 g/mol. The third-order valence-electron chi connectivity index (χ3n) is 3.87. The van der Waals surface area contributed by atoms with Crippen LogP contribution in [0.4, 0.5) is 5.69 Å². The molecule has 1 aromatic carbocycles. The molecule has 1 aliphatic carbocycles. The predicted molar refractivity (Wildman–Crippen MR) is 77.1 cm³/mol. The van der Waals surface area contributed by atoms with E-state index in [9.17, 15) is 4.79 Å². The number of amides is 1. The van der Waals surface area contributed by atoms with Crippen LogP contribution in [0.2, 0.25) is 0 Å². The summed E-state index contributed by atoms with van der Waals surface area (Å²) >= 11 is 0. The molecule has 1 amide bonds. The van der Waals surface area contributed by atoms with Crippen molar-refractivity contribution in [1.82, 2.24) is 0 Å². The zero-order valence-electron chi connectivity index (χ0n) is 11.4. The van der Waals surface area contributed by atoms with Gasteiger partial charge in [-0.05, 0) is 36.8 Å². The molecule has 2 rings (SSSR count). The lowest BCUT2D eigenvalue weighted by molar-refractivity contribution is -0.117. The second kappa shape index (κ2) is 7.29. The Morgan fingerprint density at radius 2 is 1.95 bits per heavy atom. The topological polar surface area (TPSA) is 49.3 Å². The van der Waals surface area contributed by atoms with Gasteiger partial charge in [0.05, 0.1) is 0 Å². The molecule has 0 unspecified atom stereocenters. The molecule has 19 heavy (non-hydrogen) atoms. The Morgan fingerprint density at radius 3 is 2.68 bits per heavy atom. The standard InChI is InChI=1S/C16H23NO2/c18-11-10-14-8-4-5-9-15(14)17-16(19)12-13-6-2-1-3-7-13/h4-5,8-9,13,18H,1-3,6-7,10-12H2,(H,17,19). The summed E-state index contributed by atoms with van der Waals surface area (Å²) in [5, 5.41) is 12.0. The van der Waals surface area contributed by atoms with E-state index in [1.165, 1.54) is 32.1 Å². The van der Waals surface area contributed by atoms with E-state index in [4.69, 9.17) is 5.11 Å². The van der Waals surface area contributed by atoms with Gasteiger partial charge in [-0.15, -0.1) is 0 Å². The van der Waals surface area contributed by atoms with Crippen molar-refractivity contribution in [3.05, 3.63) is 29.8 Å². The maximum absolute atomic E-state index is 12.1. The van der Waals surface area contributed by atoms with Crippen LogP contribution < -0.4 is 5.32 Å². The van der Waals surface area contributed by atoms with Crippen LogP contribution in [0.25, 0.3) is 0 Å². The van der Waals surface area contributed by atoms with Crippen LogP contribution in [0.3, 0.4) is 0 Å². The third-order valence-corrected chi connectivity index (χ3v) is 3.87. The van der Waals surface area contributed by atoms with Crippen molar-refractivity contribution in [3.8, 4) is 0 Å². The zero-order chi connectivity index (χ0) is 13.5. The molecule has 0 aliphatic heterocycles. The number of anilines is 1. The number of aliphatic hydroxyl groups is 1. The molecular weight excluding hydrogens is 238 g/mol. The fraction of sp³-hybridized carbons (Fsp3) is 0.562. The first-order chi connectivity index (χ1) is 9.29. The number of rotatable bonds is 5. The van der Waals surface area contributed by atoms with Gasteiger partial charge in [0.1, 0.15) is 0 Å². The van der Waals surface area contributed by atoms with Crippen molar-refractivity contribution in [3.63, 3.8) is 0 Å². The summed E-state index contributed by atoms with van der Waals surface area (Å²) in [7, 11) is 0. The van der Waals surface area contributed by atoms with Crippen LogP contribution in [0.15, 0.2) is 24.3 Å². The minimum Gasteiger partial charge on any atom is -0.396 e. The second-order valence-electron chi connectivity index (χ2n) is 5.39. The highest BCUT2D eigenvalue weighted by atomic mass is 16.3. The van der Waals surface area contributed by atoms with Gasteiger partial charge in [-0.3, -0.25) is 4.79 Å². The zero-order valence-corrected chi connectivity index (χ0v) is 11.4. The Bertz CT molecular complexity index is 411. The van der Waals surface area contributed by atoms with E-state index in [1.807, 2.05) is 24.3 Å². The largest absolute Gasteiger partial charge is 0.396 e. The van der Waals surface area contributed by atoms with Gasteiger partial charge in [0, 0.05) is 18.7 Å².